The average Bonchev–Trinajstić information content (AvgIpc) is 2.28. The largest absolute Gasteiger partial charge is 0.457 e. The second-order valence-electron chi connectivity index (χ2n) is 3.49. The molecule has 0 unspecified atom stereocenters. The van der Waals surface area contributed by atoms with Crippen LogP contribution in [0.3, 0.4) is 0 Å². The molecule has 0 spiro atoms. The van der Waals surface area contributed by atoms with E-state index in [-0.39, 0.29) is 5.82 Å². The highest BCUT2D eigenvalue weighted by Crippen LogP contribution is 2.26. The Hall–Kier alpha value is -1.06. The molecule has 0 saturated heterocycles. The molecule has 0 aliphatic carbocycles. The Balaban J connectivity index is 2.24. The van der Waals surface area contributed by atoms with Crippen molar-refractivity contribution in [1.29, 1.82) is 0 Å². The lowest BCUT2D eigenvalue weighted by atomic mass is 10.2. The Kier molecular flexibility index (Phi) is 4.02. The van der Waals surface area contributed by atoms with Crippen LogP contribution >= 0.6 is 27.5 Å². The summed E-state index contributed by atoms with van der Waals surface area (Å²) in [6.07, 6.45) is 0. The third-order valence-corrected chi connectivity index (χ3v) is 2.89. The van der Waals surface area contributed by atoms with Gasteiger partial charge in [0.15, 0.2) is 0 Å². The van der Waals surface area contributed by atoms with E-state index in [1.54, 1.807) is 12.1 Å². The summed E-state index contributed by atoms with van der Waals surface area (Å²) < 4.78 is 19.3. The maximum Gasteiger partial charge on any atom is 0.131 e. The molecule has 17 heavy (non-hydrogen) atoms. The first-order valence-electron chi connectivity index (χ1n) is 4.96. The van der Waals surface area contributed by atoms with Gasteiger partial charge in [-0.05, 0) is 29.8 Å². The minimum absolute atomic E-state index is 0.345. The number of hydrogen-bond donors (Lipinski definition) is 0. The Morgan fingerprint density at radius 1 is 1.12 bits per heavy atom. The fourth-order valence-electron chi connectivity index (χ4n) is 1.42. The maximum atomic E-state index is 13.1. The van der Waals surface area contributed by atoms with Crippen molar-refractivity contribution in [3.05, 3.63) is 58.3 Å². The molecule has 2 aromatic carbocycles. The zero-order valence-corrected chi connectivity index (χ0v) is 11.1. The highest BCUT2D eigenvalue weighted by atomic mass is 79.9. The molecule has 0 radical (unpaired) electrons. The molecule has 0 aliphatic heterocycles. The van der Waals surface area contributed by atoms with Crippen LogP contribution in [0.5, 0.6) is 11.5 Å². The Labute approximate surface area is 112 Å². The summed E-state index contributed by atoms with van der Waals surface area (Å²) in [5.74, 6) is 1.16. The smallest absolute Gasteiger partial charge is 0.131 e. The Bertz CT molecular complexity index is 510. The Morgan fingerprint density at radius 2 is 1.94 bits per heavy atom. The molecular formula is C13H9BrClFO. The van der Waals surface area contributed by atoms with E-state index in [0.29, 0.717) is 21.9 Å². The van der Waals surface area contributed by atoms with Crippen molar-refractivity contribution >= 4 is 27.5 Å². The van der Waals surface area contributed by atoms with Crippen LogP contribution in [0, 0.1) is 5.82 Å². The van der Waals surface area contributed by atoms with Crippen LogP contribution in [0.2, 0.25) is 0 Å². The fraction of sp³-hybridized carbons (Fsp3) is 0.0769. The van der Waals surface area contributed by atoms with Gasteiger partial charge in [-0.15, -0.1) is 11.6 Å². The van der Waals surface area contributed by atoms with Gasteiger partial charge in [0, 0.05) is 16.4 Å². The van der Waals surface area contributed by atoms with Crippen molar-refractivity contribution in [2.45, 2.75) is 5.88 Å². The first kappa shape index (κ1) is 12.4. The fourth-order valence-corrected chi connectivity index (χ4v) is 2.03. The normalized spacial score (nSPS) is 10.3. The number of hydrogen-bond acceptors (Lipinski definition) is 1. The number of halogens is 3. The molecule has 0 atom stereocenters. The summed E-state index contributed by atoms with van der Waals surface area (Å²) >= 11 is 8.94. The molecule has 0 aromatic heterocycles. The van der Waals surface area contributed by atoms with Crippen LogP contribution in [-0.4, -0.2) is 0 Å². The van der Waals surface area contributed by atoms with Crippen LogP contribution in [0.15, 0.2) is 46.9 Å². The van der Waals surface area contributed by atoms with Gasteiger partial charge in [0.1, 0.15) is 17.3 Å². The highest BCUT2D eigenvalue weighted by molar-refractivity contribution is 9.10. The predicted octanol–water partition coefficient (Wildman–Crippen LogP) is 5.12. The lowest BCUT2D eigenvalue weighted by molar-refractivity contribution is 0.476. The summed E-state index contributed by atoms with van der Waals surface area (Å²) in [6, 6.07) is 11.8. The van der Waals surface area contributed by atoms with Crippen LogP contribution in [-0.2, 0) is 5.88 Å². The van der Waals surface area contributed by atoms with E-state index in [9.17, 15) is 4.39 Å². The van der Waals surface area contributed by atoms with E-state index < -0.39 is 0 Å². The molecule has 0 N–H and O–H groups in total. The lowest BCUT2D eigenvalue weighted by Gasteiger charge is -2.07. The van der Waals surface area contributed by atoms with Crippen molar-refractivity contribution in [2.24, 2.45) is 0 Å². The van der Waals surface area contributed by atoms with Gasteiger partial charge in [-0.3, -0.25) is 0 Å². The van der Waals surface area contributed by atoms with Gasteiger partial charge in [0.25, 0.3) is 0 Å². The SMILES string of the molecule is Fc1cc(Br)cc(Oc2cccc(CCl)c2)c1. The zero-order chi connectivity index (χ0) is 12.3. The Morgan fingerprint density at radius 3 is 2.65 bits per heavy atom. The maximum absolute atomic E-state index is 13.1. The van der Waals surface area contributed by atoms with Gasteiger partial charge < -0.3 is 4.74 Å². The first-order valence-corrected chi connectivity index (χ1v) is 6.29. The van der Waals surface area contributed by atoms with E-state index in [4.69, 9.17) is 16.3 Å². The van der Waals surface area contributed by atoms with Crippen LogP contribution in [0.1, 0.15) is 5.56 Å². The molecule has 4 heteroatoms. The number of ether oxygens (including phenoxy) is 1. The molecule has 0 heterocycles. The van der Waals surface area contributed by atoms with E-state index in [2.05, 4.69) is 15.9 Å². The summed E-state index contributed by atoms with van der Waals surface area (Å²) in [7, 11) is 0. The number of benzene rings is 2. The topological polar surface area (TPSA) is 9.23 Å². The minimum Gasteiger partial charge on any atom is -0.457 e. The molecule has 1 nitrogen and oxygen atoms in total. The van der Waals surface area contributed by atoms with Gasteiger partial charge in [-0.1, -0.05) is 28.1 Å². The van der Waals surface area contributed by atoms with E-state index in [0.717, 1.165) is 5.56 Å². The molecule has 2 aromatic rings. The second-order valence-corrected chi connectivity index (χ2v) is 4.67. The lowest BCUT2D eigenvalue weighted by Crippen LogP contribution is -1.87. The monoisotopic (exact) mass is 314 g/mol. The molecule has 2 rings (SSSR count). The van der Waals surface area contributed by atoms with Gasteiger partial charge in [-0.2, -0.15) is 0 Å². The van der Waals surface area contributed by atoms with E-state index >= 15 is 0 Å². The molecule has 0 amide bonds. The molecule has 0 aliphatic rings. The van der Waals surface area contributed by atoms with Crippen molar-refractivity contribution in [1.82, 2.24) is 0 Å². The predicted molar refractivity (Wildman–Crippen MR) is 70.2 cm³/mol. The molecule has 0 saturated carbocycles. The van der Waals surface area contributed by atoms with Crippen molar-refractivity contribution in [3.8, 4) is 11.5 Å². The van der Waals surface area contributed by atoms with Crippen molar-refractivity contribution < 1.29 is 9.13 Å². The van der Waals surface area contributed by atoms with Crippen molar-refractivity contribution in [2.75, 3.05) is 0 Å². The van der Waals surface area contributed by atoms with Gasteiger partial charge in [-0.25, -0.2) is 4.39 Å². The minimum atomic E-state index is -0.345. The summed E-state index contributed by atoms with van der Waals surface area (Å²) in [5.41, 5.74) is 0.958. The number of alkyl halides is 1. The van der Waals surface area contributed by atoms with Crippen LogP contribution in [0.25, 0.3) is 0 Å². The third-order valence-electron chi connectivity index (χ3n) is 2.12. The molecular weight excluding hydrogens is 306 g/mol. The molecule has 88 valence electrons. The van der Waals surface area contributed by atoms with Crippen molar-refractivity contribution in [3.63, 3.8) is 0 Å². The van der Waals surface area contributed by atoms with Crippen LogP contribution < -0.4 is 4.74 Å². The summed E-state index contributed by atoms with van der Waals surface area (Å²) in [4.78, 5) is 0. The summed E-state index contributed by atoms with van der Waals surface area (Å²) in [6.45, 7) is 0. The highest BCUT2D eigenvalue weighted by Gasteiger charge is 2.02. The quantitative estimate of drug-likeness (QED) is 0.714. The zero-order valence-electron chi connectivity index (χ0n) is 8.79. The first-order chi connectivity index (χ1) is 8.17. The van der Waals surface area contributed by atoms with E-state index in [1.165, 1.54) is 12.1 Å². The standard InChI is InChI=1S/C13H9BrClFO/c14-10-5-11(16)7-13(6-10)17-12-3-1-2-9(4-12)8-15/h1-7H,8H2. The van der Waals surface area contributed by atoms with Crippen LogP contribution in [0.4, 0.5) is 4.39 Å². The molecule has 0 fully saturated rings. The van der Waals surface area contributed by atoms with E-state index in [1.807, 2.05) is 18.2 Å². The summed E-state index contributed by atoms with van der Waals surface area (Å²) in [5, 5.41) is 0. The molecule has 0 bridgehead atoms. The second kappa shape index (κ2) is 5.52. The van der Waals surface area contributed by atoms with Gasteiger partial charge >= 0.3 is 0 Å². The average molecular weight is 316 g/mol. The number of rotatable bonds is 3. The third kappa shape index (κ3) is 3.45. The van der Waals surface area contributed by atoms with Gasteiger partial charge in [0.2, 0.25) is 0 Å². The van der Waals surface area contributed by atoms with Gasteiger partial charge in [0.05, 0.1) is 0 Å².